The van der Waals surface area contributed by atoms with Crippen LogP contribution in [-0.2, 0) is 19.2 Å². The molecule has 0 heterocycles. The van der Waals surface area contributed by atoms with Gasteiger partial charge in [-0.2, -0.15) is 0 Å². The summed E-state index contributed by atoms with van der Waals surface area (Å²) in [6.07, 6.45) is 0.922. The van der Waals surface area contributed by atoms with Gasteiger partial charge in [0.05, 0.1) is 12.1 Å². The number of carbonyl (C=O) groups excluding carboxylic acids is 3. The first-order valence-corrected chi connectivity index (χ1v) is 12.2. The van der Waals surface area contributed by atoms with Crippen molar-refractivity contribution in [2.45, 2.75) is 89.6 Å². The van der Waals surface area contributed by atoms with Gasteiger partial charge in [0.1, 0.15) is 18.1 Å². The number of hydrogen-bond acceptors (Lipinski definition) is 8. The number of guanidine groups is 1. The molecule has 0 saturated carbocycles. The van der Waals surface area contributed by atoms with Crippen LogP contribution < -0.4 is 38.9 Å². The highest BCUT2D eigenvalue weighted by Crippen LogP contribution is 2.08. The van der Waals surface area contributed by atoms with Crippen molar-refractivity contribution in [3.8, 4) is 0 Å². The molecule has 0 aliphatic rings. The number of carboxylic acid groups (broad SMARTS) is 1. The molecule has 208 valence electrons. The van der Waals surface area contributed by atoms with Gasteiger partial charge in [-0.3, -0.25) is 19.4 Å². The van der Waals surface area contributed by atoms with Crippen molar-refractivity contribution in [2.24, 2.45) is 33.8 Å². The largest absolute Gasteiger partial charge is 0.480 e. The van der Waals surface area contributed by atoms with E-state index in [0.29, 0.717) is 32.2 Å². The van der Waals surface area contributed by atoms with Gasteiger partial charge < -0.3 is 49.1 Å². The van der Waals surface area contributed by atoms with Crippen LogP contribution in [0, 0.1) is 5.92 Å². The Balaban J connectivity index is 5.45. The molecule has 3 amide bonds. The number of rotatable bonds is 18. The molecule has 0 aromatic rings. The molecule has 0 aromatic heterocycles. The van der Waals surface area contributed by atoms with Crippen LogP contribution in [0.3, 0.4) is 0 Å². The number of nitrogens with zero attached hydrogens (tertiary/aromatic N) is 1. The number of hydrogen-bond donors (Lipinski definition) is 9. The predicted molar refractivity (Wildman–Crippen MR) is 135 cm³/mol. The highest BCUT2D eigenvalue weighted by Gasteiger charge is 2.32. The molecule has 6 unspecified atom stereocenters. The summed E-state index contributed by atoms with van der Waals surface area (Å²) in [5, 5.41) is 27.0. The summed E-state index contributed by atoms with van der Waals surface area (Å²) in [4.78, 5) is 53.7. The first-order valence-electron chi connectivity index (χ1n) is 12.2. The minimum atomic E-state index is -1.37. The van der Waals surface area contributed by atoms with Gasteiger partial charge >= 0.3 is 5.97 Å². The van der Waals surface area contributed by atoms with Gasteiger partial charge in [-0.05, 0) is 51.5 Å². The summed E-state index contributed by atoms with van der Waals surface area (Å²) < 4.78 is 0. The van der Waals surface area contributed by atoms with Crippen molar-refractivity contribution in [2.75, 3.05) is 13.1 Å². The van der Waals surface area contributed by atoms with E-state index in [9.17, 15) is 29.4 Å². The summed E-state index contributed by atoms with van der Waals surface area (Å²) in [5.41, 5.74) is 21.9. The molecule has 6 atom stereocenters. The summed E-state index contributed by atoms with van der Waals surface area (Å²) in [7, 11) is 0. The molecule has 14 nitrogen and oxygen atoms in total. The summed E-state index contributed by atoms with van der Waals surface area (Å²) in [6.45, 7) is 5.53. The van der Waals surface area contributed by atoms with E-state index < -0.39 is 54.0 Å². The van der Waals surface area contributed by atoms with E-state index in [4.69, 9.17) is 22.9 Å². The third-order valence-electron chi connectivity index (χ3n) is 5.76. The maximum absolute atomic E-state index is 12.9. The van der Waals surface area contributed by atoms with Crippen molar-refractivity contribution in [1.82, 2.24) is 16.0 Å². The number of amides is 3. The van der Waals surface area contributed by atoms with E-state index in [0.717, 1.165) is 0 Å². The molecule has 0 radical (unpaired) electrons. The van der Waals surface area contributed by atoms with E-state index in [1.54, 1.807) is 6.92 Å². The SMILES string of the molecule is CCC(C)C(N)C(=O)NC(C(=O)NC(CCCCN)C(=O)NC(CCCN=C(N)N)C(=O)O)C(C)O. The highest BCUT2D eigenvalue weighted by atomic mass is 16.4. The van der Waals surface area contributed by atoms with Crippen LogP contribution >= 0.6 is 0 Å². The third-order valence-corrected chi connectivity index (χ3v) is 5.76. The lowest BCUT2D eigenvalue weighted by Crippen LogP contribution is -2.60. The lowest BCUT2D eigenvalue weighted by atomic mass is 9.98. The van der Waals surface area contributed by atoms with Crippen LogP contribution in [-0.4, -0.2) is 83.2 Å². The minimum absolute atomic E-state index is 0.0567. The normalized spacial score (nSPS) is 15.9. The van der Waals surface area contributed by atoms with Crippen LogP contribution in [0.1, 0.15) is 59.3 Å². The highest BCUT2D eigenvalue weighted by molar-refractivity contribution is 5.94. The van der Waals surface area contributed by atoms with Gasteiger partial charge in [-0.1, -0.05) is 20.3 Å². The zero-order valence-corrected chi connectivity index (χ0v) is 21.4. The van der Waals surface area contributed by atoms with Crippen LogP contribution in [0.5, 0.6) is 0 Å². The van der Waals surface area contributed by atoms with Gasteiger partial charge in [0.25, 0.3) is 0 Å². The summed E-state index contributed by atoms with van der Waals surface area (Å²) in [5.74, 6) is -3.67. The van der Waals surface area contributed by atoms with E-state index in [-0.39, 0.29) is 31.3 Å². The number of aliphatic imine (C=N–C) groups is 1. The maximum atomic E-state index is 12.9. The van der Waals surface area contributed by atoms with Gasteiger partial charge in [-0.15, -0.1) is 0 Å². The lowest BCUT2D eigenvalue weighted by Gasteiger charge is -2.27. The van der Waals surface area contributed by atoms with E-state index in [2.05, 4.69) is 20.9 Å². The third kappa shape index (κ3) is 12.7. The van der Waals surface area contributed by atoms with Crippen molar-refractivity contribution in [1.29, 1.82) is 0 Å². The Morgan fingerprint density at radius 1 is 0.889 bits per heavy atom. The van der Waals surface area contributed by atoms with Crippen molar-refractivity contribution >= 4 is 29.7 Å². The molecule has 0 aliphatic carbocycles. The molecule has 36 heavy (non-hydrogen) atoms. The Morgan fingerprint density at radius 2 is 1.47 bits per heavy atom. The van der Waals surface area contributed by atoms with Crippen LogP contribution in [0.2, 0.25) is 0 Å². The number of unbranched alkanes of at least 4 members (excludes halogenated alkanes) is 1. The monoisotopic (exact) mass is 516 g/mol. The average molecular weight is 517 g/mol. The molecule has 13 N–H and O–H groups in total. The second-order valence-corrected chi connectivity index (χ2v) is 8.83. The number of aliphatic hydroxyl groups excluding tert-OH is 1. The van der Waals surface area contributed by atoms with Crippen molar-refractivity contribution in [3.05, 3.63) is 0 Å². The Labute approximate surface area is 212 Å². The van der Waals surface area contributed by atoms with Gasteiger partial charge in [0.2, 0.25) is 17.7 Å². The minimum Gasteiger partial charge on any atom is -0.480 e. The number of aliphatic carboxylic acids is 1. The zero-order chi connectivity index (χ0) is 27.8. The van der Waals surface area contributed by atoms with Crippen molar-refractivity contribution < 1.29 is 29.4 Å². The molecule has 0 fully saturated rings. The molecule has 0 rings (SSSR count). The Morgan fingerprint density at radius 3 is 1.97 bits per heavy atom. The molecular formula is C22H44N8O6. The fraction of sp³-hybridized carbons (Fsp3) is 0.773. The number of aliphatic hydroxyl groups is 1. The van der Waals surface area contributed by atoms with E-state index in [1.165, 1.54) is 6.92 Å². The molecule has 14 heteroatoms. The van der Waals surface area contributed by atoms with E-state index in [1.807, 2.05) is 6.92 Å². The maximum Gasteiger partial charge on any atom is 0.326 e. The topological polar surface area (TPSA) is 261 Å². The zero-order valence-electron chi connectivity index (χ0n) is 21.4. The van der Waals surface area contributed by atoms with E-state index >= 15 is 0 Å². The smallest absolute Gasteiger partial charge is 0.326 e. The lowest BCUT2D eigenvalue weighted by molar-refractivity contribution is -0.142. The van der Waals surface area contributed by atoms with Gasteiger partial charge in [0, 0.05) is 6.54 Å². The average Bonchev–Trinajstić information content (AvgIpc) is 2.81. The molecule has 0 aromatic carbocycles. The fourth-order valence-corrected chi connectivity index (χ4v) is 3.22. The van der Waals surface area contributed by atoms with Crippen LogP contribution in [0.4, 0.5) is 0 Å². The standard InChI is InChI=1S/C22H44N8O6/c1-4-12(2)16(24)19(33)30-17(13(3)31)20(34)28-14(8-5-6-10-23)18(32)29-15(21(35)36)9-7-11-27-22(25)26/h12-17,31H,4-11,23-24H2,1-3H3,(H,28,34)(H,29,32)(H,30,33)(H,35,36)(H4,25,26,27). The number of carbonyl (C=O) groups is 4. The molecule has 0 saturated heterocycles. The van der Waals surface area contributed by atoms with Crippen LogP contribution in [0.25, 0.3) is 0 Å². The first-order chi connectivity index (χ1) is 16.8. The summed E-state index contributed by atoms with van der Waals surface area (Å²) in [6, 6.07) is -4.61. The second kappa shape index (κ2) is 17.5. The predicted octanol–water partition coefficient (Wildman–Crippen LogP) is -2.54. The summed E-state index contributed by atoms with van der Waals surface area (Å²) >= 11 is 0. The quantitative estimate of drug-likeness (QED) is 0.0523. The second-order valence-electron chi connectivity index (χ2n) is 8.83. The number of nitrogens with one attached hydrogen (secondary N) is 3. The number of nitrogens with two attached hydrogens (primary N) is 4. The molecule has 0 aliphatic heterocycles. The van der Waals surface area contributed by atoms with Gasteiger partial charge in [0.15, 0.2) is 5.96 Å². The molecule has 0 bridgehead atoms. The first kappa shape index (κ1) is 33.0. The Hall–Kier alpha value is -2.97. The van der Waals surface area contributed by atoms with Crippen molar-refractivity contribution in [3.63, 3.8) is 0 Å². The molecular weight excluding hydrogens is 472 g/mol. The number of carboxylic acids is 1. The fourth-order valence-electron chi connectivity index (χ4n) is 3.22. The van der Waals surface area contributed by atoms with Gasteiger partial charge in [-0.25, -0.2) is 4.79 Å². The van der Waals surface area contributed by atoms with Crippen LogP contribution in [0.15, 0.2) is 4.99 Å². The Bertz CT molecular complexity index is 744. The molecule has 0 spiro atoms. The Kier molecular flexibility index (Phi) is 16.0.